The van der Waals surface area contributed by atoms with Crippen molar-refractivity contribution in [1.29, 1.82) is 5.26 Å². The Hall–Kier alpha value is -1.77. The summed E-state index contributed by atoms with van der Waals surface area (Å²) in [6.07, 6.45) is 1.86. The van der Waals surface area contributed by atoms with Gasteiger partial charge >= 0.3 is 0 Å². The minimum absolute atomic E-state index is 0.178. The van der Waals surface area contributed by atoms with Crippen molar-refractivity contribution in [2.45, 2.75) is 11.7 Å². The molecule has 0 amide bonds. The Kier molecular flexibility index (Phi) is 4.61. The summed E-state index contributed by atoms with van der Waals surface area (Å²) in [7, 11) is 0. The molecule has 0 unspecified atom stereocenters. The first kappa shape index (κ1) is 13.7. The average molecular weight is 291 g/mol. The molecule has 0 atom stereocenters. The van der Waals surface area contributed by atoms with Gasteiger partial charge in [-0.25, -0.2) is 9.97 Å². The smallest absolute Gasteiger partial charge is 0.190 e. The first-order valence-corrected chi connectivity index (χ1v) is 7.14. The zero-order valence-electron chi connectivity index (χ0n) is 10.2. The maximum Gasteiger partial charge on any atom is 0.190 e. The predicted octanol–water partition coefficient (Wildman–Crippen LogP) is 3.34. The van der Waals surface area contributed by atoms with Crippen molar-refractivity contribution in [2.75, 3.05) is 11.6 Å². The van der Waals surface area contributed by atoms with Crippen molar-refractivity contribution in [3.8, 4) is 6.07 Å². The third-order valence-corrected chi connectivity index (χ3v) is 3.26. The molecule has 2 aromatic rings. The van der Waals surface area contributed by atoms with Crippen molar-refractivity contribution in [3.63, 3.8) is 0 Å². The van der Waals surface area contributed by atoms with E-state index in [1.54, 1.807) is 0 Å². The number of hydrogen-bond donors (Lipinski definition) is 1. The van der Waals surface area contributed by atoms with Gasteiger partial charge in [0.1, 0.15) is 17.5 Å². The summed E-state index contributed by atoms with van der Waals surface area (Å²) in [5, 5.41) is 12.9. The van der Waals surface area contributed by atoms with Crippen LogP contribution in [-0.4, -0.2) is 16.2 Å². The van der Waals surface area contributed by atoms with E-state index in [0.717, 1.165) is 5.56 Å². The molecule has 0 fully saturated rings. The maximum absolute atomic E-state index is 9.10. The zero-order chi connectivity index (χ0) is 13.7. The van der Waals surface area contributed by atoms with E-state index in [-0.39, 0.29) is 10.7 Å². The van der Waals surface area contributed by atoms with E-state index in [1.807, 2.05) is 42.7 Å². The molecule has 0 spiro atoms. The van der Waals surface area contributed by atoms with Crippen molar-refractivity contribution >= 4 is 29.2 Å². The van der Waals surface area contributed by atoms with Crippen molar-refractivity contribution in [1.82, 2.24) is 9.97 Å². The molecule has 0 bridgehead atoms. The molecule has 0 aliphatic carbocycles. The Morgan fingerprint density at radius 3 is 2.68 bits per heavy atom. The number of hydrogen-bond acceptors (Lipinski definition) is 5. The normalized spacial score (nSPS) is 9.95. The number of nitrogens with one attached hydrogen (secondary N) is 1. The number of nitriles is 1. The Morgan fingerprint density at radius 1 is 1.32 bits per heavy atom. The molecule has 6 heteroatoms. The summed E-state index contributed by atoms with van der Waals surface area (Å²) >= 11 is 7.35. The van der Waals surface area contributed by atoms with Crippen LogP contribution in [0.1, 0.15) is 11.1 Å². The van der Waals surface area contributed by atoms with Crippen LogP contribution >= 0.6 is 23.4 Å². The Morgan fingerprint density at radius 2 is 2.05 bits per heavy atom. The lowest BCUT2D eigenvalue weighted by molar-refractivity contribution is 0.950. The van der Waals surface area contributed by atoms with Crippen LogP contribution in [0.5, 0.6) is 0 Å². The van der Waals surface area contributed by atoms with Gasteiger partial charge in [0.25, 0.3) is 0 Å². The van der Waals surface area contributed by atoms with E-state index in [9.17, 15) is 0 Å². The van der Waals surface area contributed by atoms with Crippen molar-refractivity contribution in [2.24, 2.45) is 0 Å². The highest BCUT2D eigenvalue weighted by atomic mass is 35.5. The standard InChI is InChI=1S/C13H11ClN4S/c1-19-13-17-11(14)10(7-15)12(18-13)16-8-9-5-3-2-4-6-9/h2-6H,8H2,1H3,(H,16,17,18). The van der Waals surface area contributed by atoms with Crippen molar-refractivity contribution < 1.29 is 0 Å². The van der Waals surface area contributed by atoms with E-state index < -0.39 is 0 Å². The summed E-state index contributed by atoms with van der Waals surface area (Å²) < 4.78 is 0. The number of aromatic nitrogens is 2. The van der Waals surface area contributed by atoms with Crippen LogP contribution in [0, 0.1) is 11.3 Å². The molecule has 4 nitrogen and oxygen atoms in total. The average Bonchev–Trinajstić information content (AvgIpc) is 2.45. The fourth-order valence-corrected chi connectivity index (χ4v) is 2.14. The monoisotopic (exact) mass is 290 g/mol. The maximum atomic E-state index is 9.10. The lowest BCUT2D eigenvalue weighted by atomic mass is 10.2. The Bertz CT molecular complexity index is 610. The van der Waals surface area contributed by atoms with Gasteiger partial charge in [0.05, 0.1) is 0 Å². The molecule has 0 saturated heterocycles. The van der Waals surface area contributed by atoms with Crippen LogP contribution in [-0.2, 0) is 6.54 Å². The number of nitrogens with zero attached hydrogens (tertiary/aromatic N) is 3. The molecule has 1 aromatic carbocycles. The van der Waals surface area contributed by atoms with Gasteiger partial charge in [0.2, 0.25) is 0 Å². The summed E-state index contributed by atoms with van der Waals surface area (Å²) in [5.74, 6) is 0.468. The highest BCUT2D eigenvalue weighted by molar-refractivity contribution is 7.98. The lowest BCUT2D eigenvalue weighted by Gasteiger charge is -2.09. The minimum Gasteiger partial charge on any atom is -0.365 e. The predicted molar refractivity (Wildman–Crippen MR) is 77.3 cm³/mol. The first-order chi connectivity index (χ1) is 9.24. The molecule has 2 rings (SSSR count). The highest BCUT2D eigenvalue weighted by Gasteiger charge is 2.12. The zero-order valence-corrected chi connectivity index (χ0v) is 11.8. The molecule has 1 heterocycles. The molecular weight excluding hydrogens is 280 g/mol. The fourth-order valence-electron chi connectivity index (χ4n) is 1.51. The molecule has 0 saturated carbocycles. The third kappa shape index (κ3) is 3.37. The summed E-state index contributed by atoms with van der Waals surface area (Å²) in [5.41, 5.74) is 1.38. The van der Waals surface area contributed by atoms with Crippen molar-refractivity contribution in [3.05, 3.63) is 46.6 Å². The van der Waals surface area contributed by atoms with Gasteiger partial charge in [-0.1, -0.05) is 53.7 Å². The van der Waals surface area contributed by atoms with Gasteiger partial charge in [-0.05, 0) is 11.8 Å². The highest BCUT2D eigenvalue weighted by Crippen LogP contribution is 2.23. The van der Waals surface area contributed by atoms with Gasteiger partial charge in [-0.15, -0.1) is 0 Å². The van der Waals surface area contributed by atoms with E-state index >= 15 is 0 Å². The fraction of sp³-hybridized carbons (Fsp3) is 0.154. The molecule has 1 N–H and O–H groups in total. The van der Waals surface area contributed by atoms with E-state index in [0.29, 0.717) is 17.5 Å². The molecule has 0 radical (unpaired) electrons. The number of halogens is 1. The number of anilines is 1. The van der Waals surface area contributed by atoms with E-state index in [1.165, 1.54) is 11.8 Å². The molecular formula is C13H11ClN4S. The number of rotatable bonds is 4. The second kappa shape index (κ2) is 6.41. The van der Waals surface area contributed by atoms with E-state index in [4.69, 9.17) is 16.9 Å². The molecule has 96 valence electrons. The molecule has 0 aliphatic rings. The van der Waals surface area contributed by atoms with Gasteiger partial charge in [0, 0.05) is 6.54 Å². The molecule has 1 aromatic heterocycles. The second-order valence-corrected chi connectivity index (χ2v) is 4.81. The summed E-state index contributed by atoms with van der Waals surface area (Å²) in [6, 6.07) is 11.9. The van der Waals surface area contributed by atoms with Crippen LogP contribution in [0.4, 0.5) is 5.82 Å². The van der Waals surface area contributed by atoms with Crippen LogP contribution < -0.4 is 5.32 Å². The van der Waals surface area contributed by atoms with Gasteiger partial charge in [-0.3, -0.25) is 0 Å². The van der Waals surface area contributed by atoms with Crippen LogP contribution in [0.3, 0.4) is 0 Å². The Labute approximate surface area is 120 Å². The SMILES string of the molecule is CSc1nc(Cl)c(C#N)c(NCc2ccccc2)n1. The molecule has 19 heavy (non-hydrogen) atoms. The summed E-state index contributed by atoms with van der Waals surface area (Å²) in [6.45, 7) is 0.580. The van der Waals surface area contributed by atoms with Gasteiger partial charge < -0.3 is 5.32 Å². The quantitative estimate of drug-likeness (QED) is 0.531. The summed E-state index contributed by atoms with van der Waals surface area (Å²) in [4.78, 5) is 8.30. The number of benzene rings is 1. The number of thioether (sulfide) groups is 1. The topological polar surface area (TPSA) is 61.6 Å². The first-order valence-electron chi connectivity index (χ1n) is 5.54. The Balaban J connectivity index is 2.24. The van der Waals surface area contributed by atoms with Gasteiger partial charge in [0.15, 0.2) is 10.3 Å². The van der Waals surface area contributed by atoms with Gasteiger partial charge in [-0.2, -0.15) is 5.26 Å². The van der Waals surface area contributed by atoms with Crippen LogP contribution in [0.2, 0.25) is 5.15 Å². The largest absolute Gasteiger partial charge is 0.365 e. The minimum atomic E-state index is 0.178. The lowest BCUT2D eigenvalue weighted by Crippen LogP contribution is -2.05. The second-order valence-electron chi connectivity index (χ2n) is 3.68. The van der Waals surface area contributed by atoms with E-state index in [2.05, 4.69) is 15.3 Å². The van der Waals surface area contributed by atoms with Crippen LogP contribution in [0.15, 0.2) is 35.5 Å². The third-order valence-electron chi connectivity index (χ3n) is 2.44. The molecule has 0 aliphatic heterocycles. The van der Waals surface area contributed by atoms with Crippen LogP contribution in [0.25, 0.3) is 0 Å².